The summed E-state index contributed by atoms with van der Waals surface area (Å²) in [4.78, 5) is 0. The van der Waals surface area contributed by atoms with Crippen LogP contribution >= 0.6 is 23.2 Å². The van der Waals surface area contributed by atoms with E-state index in [4.69, 9.17) is 23.2 Å². The fraction of sp³-hybridized carbons (Fsp3) is 0.556. The molecule has 0 aromatic heterocycles. The van der Waals surface area contributed by atoms with Crippen LogP contribution in [0.2, 0.25) is 0 Å². The van der Waals surface area contributed by atoms with E-state index in [-0.39, 0.29) is 5.38 Å². The molecule has 0 fully saturated rings. The van der Waals surface area contributed by atoms with Gasteiger partial charge in [0.2, 0.25) is 0 Å². The van der Waals surface area contributed by atoms with Crippen molar-refractivity contribution in [2.75, 3.05) is 0 Å². The number of hydrogen-bond acceptors (Lipinski definition) is 0. The summed E-state index contributed by atoms with van der Waals surface area (Å²) in [6.45, 7) is 7.88. The van der Waals surface area contributed by atoms with Gasteiger partial charge in [0.05, 0.1) is 5.38 Å². The fourth-order valence-corrected chi connectivity index (χ4v) is 1.11. The first-order valence-electron chi connectivity index (χ1n) is 3.60. The van der Waals surface area contributed by atoms with Gasteiger partial charge in [-0.05, 0) is 39.3 Å². The Balaban J connectivity index is 4.54. The molecule has 0 aliphatic rings. The predicted octanol–water partition coefficient (Wildman–Crippen LogP) is 4.09. The summed E-state index contributed by atoms with van der Waals surface area (Å²) in [6.07, 6.45) is 1.93. The van der Waals surface area contributed by atoms with E-state index in [0.717, 1.165) is 10.6 Å². The zero-order valence-corrected chi connectivity index (χ0v) is 8.92. The average Bonchev–Trinajstić information content (AvgIpc) is 1.84. The Bertz CT molecular complexity index is 184. The SMILES string of the molecule is CC(C)=CC(Cl)=C(C)C(C)Cl. The van der Waals surface area contributed by atoms with Crippen molar-refractivity contribution >= 4 is 23.2 Å². The smallest absolute Gasteiger partial charge is 0.0531 e. The third-order valence-electron chi connectivity index (χ3n) is 1.39. The monoisotopic (exact) mass is 192 g/mol. The highest BCUT2D eigenvalue weighted by Crippen LogP contribution is 2.18. The number of hydrogen-bond donors (Lipinski definition) is 0. The van der Waals surface area contributed by atoms with E-state index in [2.05, 4.69) is 0 Å². The van der Waals surface area contributed by atoms with Crippen LogP contribution in [0.4, 0.5) is 0 Å². The molecule has 0 aromatic carbocycles. The third kappa shape index (κ3) is 4.49. The minimum atomic E-state index is 0.0121. The van der Waals surface area contributed by atoms with Crippen molar-refractivity contribution < 1.29 is 0 Å². The Kier molecular flexibility index (Phi) is 4.87. The highest BCUT2D eigenvalue weighted by atomic mass is 35.5. The van der Waals surface area contributed by atoms with E-state index in [9.17, 15) is 0 Å². The van der Waals surface area contributed by atoms with E-state index in [1.54, 1.807) is 0 Å². The Morgan fingerprint density at radius 2 is 1.73 bits per heavy atom. The van der Waals surface area contributed by atoms with Gasteiger partial charge in [0.25, 0.3) is 0 Å². The number of rotatable bonds is 2. The van der Waals surface area contributed by atoms with E-state index >= 15 is 0 Å². The summed E-state index contributed by atoms with van der Waals surface area (Å²) >= 11 is 11.8. The fourth-order valence-electron chi connectivity index (χ4n) is 0.557. The van der Waals surface area contributed by atoms with Crippen molar-refractivity contribution in [3.8, 4) is 0 Å². The first-order valence-corrected chi connectivity index (χ1v) is 4.41. The van der Waals surface area contributed by atoms with Crippen molar-refractivity contribution in [3.63, 3.8) is 0 Å². The maximum Gasteiger partial charge on any atom is 0.0531 e. The molecule has 0 saturated carbocycles. The Morgan fingerprint density at radius 1 is 1.27 bits per heavy atom. The van der Waals surface area contributed by atoms with Crippen LogP contribution in [0.3, 0.4) is 0 Å². The van der Waals surface area contributed by atoms with Gasteiger partial charge in [-0.25, -0.2) is 0 Å². The first kappa shape index (κ1) is 11.1. The van der Waals surface area contributed by atoms with Crippen molar-refractivity contribution in [3.05, 3.63) is 22.3 Å². The normalized spacial score (nSPS) is 15.5. The van der Waals surface area contributed by atoms with Crippen LogP contribution in [0, 0.1) is 0 Å². The van der Waals surface area contributed by atoms with Gasteiger partial charge in [-0.3, -0.25) is 0 Å². The molecule has 0 aromatic rings. The van der Waals surface area contributed by atoms with Crippen molar-refractivity contribution in [2.24, 2.45) is 0 Å². The molecule has 0 radical (unpaired) electrons. The summed E-state index contributed by atoms with van der Waals surface area (Å²) in [5, 5.41) is 0.769. The second-order valence-corrected chi connectivity index (χ2v) is 3.93. The van der Waals surface area contributed by atoms with Gasteiger partial charge >= 0.3 is 0 Å². The number of alkyl halides is 1. The number of halogens is 2. The van der Waals surface area contributed by atoms with Gasteiger partial charge in [0.1, 0.15) is 0 Å². The second kappa shape index (κ2) is 4.84. The third-order valence-corrected chi connectivity index (χ3v) is 2.12. The average molecular weight is 193 g/mol. The Morgan fingerprint density at radius 3 is 2.00 bits per heavy atom. The lowest BCUT2D eigenvalue weighted by Crippen LogP contribution is -1.93. The molecule has 11 heavy (non-hydrogen) atoms. The summed E-state index contributed by atoms with van der Waals surface area (Å²) in [6, 6.07) is 0. The van der Waals surface area contributed by atoms with Crippen LogP contribution in [0.1, 0.15) is 27.7 Å². The van der Waals surface area contributed by atoms with Crippen LogP contribution in [-0.4, -0.2) is 5.38 Å². The van der Waals surface area contributed by atoms with Gasteiger partial charge in [-0.1, -0.05) is 17.2 Å². The van der Waals surface area contributed by atoms with Gasteiger partial charge in [-0.2, -0.15) is 0 Å². The lowest BCUT2D eigenvalue weighted by molar-refractivity contribution is 1.10. The maximum atomic E-state index is 5.94. The molecule has 0 aliphatic carbocycles. The minimum absolute atomic E-state index is 0.0121. The zero-order valence-electron chi connectivity index (χ0n) is 7.41. The quantitative estimate of drug-likeness (QED) is 0.457. The first-order chi connectivity index (χ1) is 4.95. The Hall–Kier alpha value is 0.0600. The standard InChI is InChI=1S/C9H14Cl2/c1-6(2)5-9(11)7(3)8(4)10/h5,8H,1-4H3. The van der Waals surface area contributed by atoms with Crippen molar-refractivity contribution in [1.29, 1.82) is 0 Å². The van der Waals surface area contributed by atoms with Crippen LogP contribution < -0.4 is 0 Å². The lowest BCUT2D eigenvalue weighted by Gasteiger charge is -2.04. The van der Waals surface area contributed by atoms with Crippen molar-refractivity contribution in [1.82, 2.24) is 0 Å². The van der Waals surface area contributed by atoms with Gasteiger partial charge in [-0.15, -0.1) is 11.6 Å². The molecular weight excluding hydrogens is 179 g/mol. The van der Waals surface area contributed by atoms with Crippen LogP contribution in [-0.2, 0) is 0 Å². The molecular formula is C9H14Cl2. The summed E-state index contributed by atoms with van der Waals surface area (Å²) in [5.41, 5.74) is 2.21. The van der Waals surface area contributed by atoms with Gasteiger partial charge in [0.15, 0.2) is 0 Å². The molecule has 0 amide bonds. The van der Waals surface area contributed by atoms with Crippen LogP contribution in [0.5, 0.6) is 0 Å². The van der Waals surface area contributed by atoms with E-state index in [1.807, 2.05) is 33.8 Å². The van der Waals surface area contributed by atoms with Crippen LogP contribution in [0.25, 0.3) is 0 Å². The molecule has 64 valence electrons. The highest BCUT2D eigenvalue weighted by molar-refractivity contribution is 6.32. The predicted molar refractivity (Wildman–Crippen MR) is 53.3 cm³/mol. The van der Waals surface area contributed by atoms with Gasteiger partial charge in [0, 0.05) is 5.03 Å². The molecule has 1 unspecified atom stereocenters. The summed E-state index contributed by atoms with van der Waals surface area (Å²) in [5.74, 6) is 0. The largest absolute Gasteiger partial charge is 0.118 e. The summed E-state index contributed by atoms with van der Waals surface area (Å²) in [7, 11) is 0. The summed E-state index contributed by atoms with van der Waals surface area (Å²) < 4.78 is 0. The second-order valence-electron chi connectivity index (χ2n) is 2.87. The zero-order chi connectivity index (χ0) is 9.02. The van der Waals surface area contributed by atoms with Gasteiger partial charge < -0.3 is 0 Å². The molecule has 0 saturated heterocycles. The molecule has 0 spiro atoms. The van der Waals surface area contributed by atoms with Crippen LogP contribution in [0.15, 0.2) is 22.3 Å². The number of allylic oxidation sites excluding steroid dienone is 4. The topological polar surface area (TPSA) is 0 Å². The molecule has 0 nitrogen and oxygen atoms in total. The highest BCUT2D eigenvalue weighted by Gasteiger charge is 2.02. The molecule has 0 rings (SSSR count). The maximum absolute atomic E-state index is 5.94. The molecule has 0 heterocycles. The molecule has 1 atom stereocenters. The van der Waals surface area contributed by atoms with Crippen molar-refractivity contribution in [2.45, 2.75) is 33.1 Å². The minimum Gasteiger partial charge on any atom is -0.118 e. The van der Waals surface area contributed by atoms with E-state index in [1.165, 1.54) is 5.57 Å². The molecule has 0 bridgehead atoms. The lowest BCUT2D eigenvalue weighted by atomic mass is 10.2. The molecule has 0 aliphatic heterocycles. The van der Waals surface area contributed by atoms with E-state index < -0.39 is 0 Å². The Labute approximate surface area is 78.9 Å². The van der Waals surface area contributed by atoms with E-state index in [0.29, 0.717) is 0 Å². The molecule has 0 N–H and O–H groups in total. The molecule has 2 heteroatoms.